The molecule has 6 aromatic rings. The molecule has 6 aromatic carbocycles. The third kappa shape index (κ3) is 9.72. The number of hydrogen-bond acceptors (Lipinski definition) is 0. The summed E-state index contributed by atoms with van der Waals surface area (Å²) < 4.78 is 0. The first-order chi connectivity index (χ1) is 26.4. The van der Waals surface area contributed by atoms with E-state index in [0.29, 0.717) is 23.7 Å². The zero-order chi connectivity index (χ0) is 40.4. The number of rotatable bonds is 12. The molecular formula is C54H72SiZr. The van der Waals surface area contributed by atoms with Gasteiger partial charge in [0.1, 0.15) is 0 Å². The van der Waals surface area contributed by atoms with Crippen LogP contribution in [0.15, 0.2) is 97.1 Å². The van der Waals surface area contributed by atoms with Crippen molar-refractivity contribution in [3.63, 3.8) is 0 Å². The minimum absolute atomic E-state index is 0. The van der Waals surface area contributed by atoms with E-state index in [0.717, 1.165) is 25.7 Å². The van der Waals surface area contributed by atoms with Gasteiger partial charge in [-0.2, -0.15) is 12.8 Å². The number of benzene rings is 4. The summed E-state index contributed by atoms with van der Waals surface area (Å²) in [6.45, 7) is 35.1. The van der Waals surface area contributed by atoms with Crippen LogP contribution in [0.2, 0.25) is 0 Å². The van der Waals surface area contributed by atoms with E-state index in [9.17, 15) is 0 Å². The van der Waals surface area contributed by atoms with E-state index in [1.54, 1.807) is 10.4 Å². The number of fused-ring (bicyclic) bond motifs is 2. The molecule has 0 aromatic heterocycles. The molecule has 0 fully saturated rings. The largest absolute Gasteiger partial charge is 4.00 e. The van der Waals surface area contributed by atoms with Gasteiger partial charge in [-0.25, -0.2) is 0 Å². The van der Waals surface area contributed by atoms with Crippen LogP contribution in [0, 0.1) is 13.8 Å². The van der Waals surface area contributed by atoms with Crippen molar-refractivity contribution in [2.24, 2.45) is 0 Å². The molecule has 0 radical (unpaired) electrons. The fourth-order valence-electron chi connectivity index (χ4n) is 8.31. The molecule has 6 rings (SSSR count). The van der Waals surface area contributed by atoms with Crippen LogP contribution in [0.5, 0.6) is 0 Å². The Bertz CT molecular complexity index is 1910. The average Bonchev–Trinajstić information content (AvgIpc) is 3.77. The first-order valence-corrected chi connectivity index (χ1v) is 23.6. The Hall–Kier alpha value is -2.80. The summed E-state index contributed by atoms with van der Waals surface area (Å²) in [4.78, 5) is 0. The normalized spacial score (nSPS) is 11.6. The average molecular weight is 840 g/mol. The van der Waals surface area contributed by atoms with Crippen LogP contribution in [0.4, 0.5) is 0 Å². The minimum atomic E-state index is -2.90. The predicted molar refractivity (Wildman–Crippen MR) is 252 cm³/mol. The van der Waals surface area contributed by atoms with E-state index in [2.05, 4.69) is 194 Å². The van der Waals surface area contributed by atoms with E-state index in [-0.39, 0.29) is 26.2 Å². The van der Waals surface area contributed by atoms with E-state index in [4.69, 9.17) is 0 Å². The van der Waals surface area contributed by atoms with Crippen molar-refractivity contribution in [2.75, 3.05) is 0 Å². The molecule has 56 heavy (non-hydrogen) atoms. The second-order valence-electron chi connectivity index (χ2n) is 16.8. The first-order valence-electron chi connectivity index (χ1n) is 21.6. The van der Waals surface area contributed by atoms with Crippen molar-refractivity contribution >= 4 is 50.4 Å². The fraction of sp³-hybridized carbons (Fsp3) is 0.407. The quantitative estimate of drug-likeness (QED) is 0.0851. The third-order valence-corrected chi connectivity index (χ3v) is 16.5. The Balaban J connectivity index is 0.000000855. The zero-order valence-electron chi connectivity index (χ0n) is 37.2. The van der Waals surface area contributed by atoms with Gasteiger partial charge >= 0.3 is 26.2 Å². The molecule has 296 valence electrons. The van der Waals surface area contributed by atoms with Crippen LogP contribution in [0.1, 0.15) is 166 Å². The maximum atomic E-state index is 3.60. The molecule has 0 saturated carbocycles. The van der Waals surface area contributed by atoms with Crippen molar-refractivity contribution in [2.45, 2.75) is 145 Å². The molecule has 0 bridgehead atoms. The zero-order valence-corrected chi connectivity index (χ0v) is 40.7. The number of hydrogen-bond donors (Lipinski definition) is 0. The van der Waals surface area contributed by atoms with E-state index >= 15 is 0 Å². The van der Waals surface area contributed by atoms with Gasteiger partial charge < -0.3 is 13.8 Å². The molecule has 0 saturated heterocycles. The van der Waals surface area contributed by atoms with Crippen molar-refractivity contribution < 1.29 is 26.2 Å². The molecule has 2 heteroatoms. The Labute approximate surface area is 363 Å². The Morgan fingerprint density at radius 1 is 0.500 bits per heavy atom. The van der Waals surface area contributed by atoms with Crippen LogP contribution in [-0.4, -0.2) is 8.07 Å². The topological polar surface area (TPSA) is 0 Å². The number of aryl methyl sites for hydroxylation is 2. The van der Waals surface area contributed by atoms with Crippen LogP contribution in [-0.2, 0) is 39.0 Å². The number of unbranched alkanes of at least 4 members (excludes halogenated alkanes) is 2. The molecule has 0 aliphatic carbocycles. The van der Waals surface area contributed by atoms with Gasteiger partial charge in [0, 0.05) is 0 Å². The Morgan fingerprint density at radius 2 is 0.821 bits per heavy atom. The van der Waals surface area contributed by atoms with Gasteiger partial charge in [0.05, 0.1) is 8.07 Å². The van der Waals surface area contributed by atoms with E-state index in [1.165, 1.54) is 78.1 Å². The van der Waals surface area contributed by atoms with Crippen LogP contribution < -0.4 is 20.7 Å². The molecule has 0 nitrogen and oxygen atoms in total. The molecule has 0 aliphatic rings. The van der Waals surface area contributed by atoms with Crippen molar-refractivity contribution in [1.82, 2.24) is 0 Å². The van der Waals surface area contributed by atoms with Crippen molar-refractivity contribution in [3.05, 3.63) is 144 Å². The van der Waals surface area contributed by atoms with Crippen molar-refractivity contribution in [3.8, 4) is 0 Å². The van der Waals surface area contributed by atoms with Gasteiger partial charge in [0.15, 0.2) is 0 Å². The second-order valence-corrected chi connectivity index (χ2v) is 20.4. The molecule has 0 amide bonds. The monoisotopic (exact) mass is 838 g/mol. The summed E-state index contributed by atoms with van der Waals surface area (Å²) >= 11 is 0. The van der Waals surface area contributed by atoms with Gasteiger partial charge in [0.2, 0.25) is 0 Å². The summed E-state index contributed by atoms with van der Waals surface area (Å²) in [6.07, 6.45) is 6.59. The molecular weight excluding hydrogens is 768 g/mol. The van der Waals surface area contributed by atoms with Crippen LogP contribution in [0.25, 0.3) is 21.5 Å². The Morgan fingerprint density at radius 3 is 1.07 bits per heavy atom. The first kappa shape index (κ1) is 47.6. The van der Waals surface area contributed by atoms with Crippen LogP contribution >= 0.6 is 0 Å². The molecule has 0 unspecified atom stereocenters. The van der Waals surface area contributed by atoms with Gasteiger partial charge in [0.25, 0.3) is 0 Å². The van der Waals surface area contributed by atoms with Crippen LogP contribution in [0.3, 0.4) is 0 Å². The summed E-state index contributed by atoms with van der Waals surface area (Å²) in [5, 5.41) is 12.1. The molecule has 0 N–H and O–H groups in total. The molecule has 0 heterocycles. The van der Waals surface area contributed by atoms with Gasteiger partial charge in [-0.05, 0) is 36.5 Å². The molecule has 0 aliphatic heterocycles. The third-order valence-electron chi connectivity index (χ3n) is 11.5. The van der Waals surface area contributed by atoms with E-state index in [1.807, 2.05) is 0 Å². The molecule has 0 spiro atoms. The summed E-state index contributed by atoms with van der Waals surface area (Å²) in [5.74, 6) is 1.81. The van der Waals surface area contributed by atoms with Gasteiger partial charge in [-0.15, -0.1) is 67.3 Å². The smallest absolute Gasteiger partial charge is 0.343 e. The second kappa shape index (κ2) is 21.8. The molecule has 0 atom stereocenters. The van der Waals surface area contributed by atoms with Gasteiger partial charge in [-0.3, -0.25) is 0 Å². The van der Waals surface area contributed by atoms with Gasteiger partial charge in [-0.1, -0.05) is 201 Å². The summed E-state index contributed by atoms with van der Waals surface area (Å²) in [7, 11) is -2.90. The standard InChI is InChI=1S/C46H54Si.2C4H9.Zr/c1-11-33-23-37-25-35(29(3)4)27-41(31(7)8)43(37)45(33)47(39-19-15-13-16-20-39,40-21-17-14-18-22-40)46-34(12-2)24-38-26-36(30(5)6)28-42(32(9)10)44(38)46;2*1-3-4-2;/h13-32H,11-12H2,1-10H3;2*1,3-4H2,2H3;/q-2;2*-1;+4. The van der Waals surface area contributed by atoms with E-state index < -0.39 is 8.07 Å². The Kier molecular flexibility index (Phi) is 18.5. The maximum absolute atomic E-state index is 3.60. The predicted octanol–water partition coefficient (Wildman–Crippen LogP) is 13.7. The fourth-order valence-corrected chi connectivity index (χ4v) is 14.2. The van der Waals surface area contributed by atoms with Crippen molar-refractivity contribution in [1.29, 1.82) is 0 Å². The summed E-state index contributed by atoms with van der Waals surface area (Å²) in [5.41, 5.74) is 8.94. The summed E-state index contributed by atoms with van der Waals surface area (Å²) in [6, 6.07) is 38.7. The maximum Gasteiger partial charge on any atom is 4.00 e. The SMILES string of the molecule is CCc1[cH-]c2cc(C(C)C)cc(C(C)C)c2c1[Si](c1ccccc1)(c1ccccc1)c1c(CC)[cH-]c2cc(C(C)C)cc(C(C)C)c12.[CH2-]CCC.[CH2-]CCC.[Zr+4]. The minimum Gasteiger partial charge on any atom is -0.343 e.